The van der Waals surface area contributed by atoms with Crippen LogP contribution < -0.4 is 0 Å². The molecule has 0 spiro atoms. The minimum atomic E-state index is -0.833. The third-order valence-electron chi connectivity index (χ3n) is 1.69. The summed E-state index contributed by atoms with van der Waals surface area (Å²) in [5.41, 5.74) is 2.74. The first-order valence-electron chi connectivity index (χ1n) is 6.30. The maximum atomic E-state index is 9.00. The van der Waals surface area contributed by atoms with E-state index in [9.17, 15) is 0 Å². The van der Waals surface area contributed by atoms with Crippen molar-refractivity contribution >= 4 is 5.97 Å². The molecule has 1 aromatic rings. The molecule has 0 amide bonds. The second-order valence-corrected chi connectivity index (χ2v) is 4.04. The van der Waals surface area contributed by atoms with Gasteiger partial charge in [0, 0.05) is 6.92 Å². The van der Waals surface area contributed by atoms with Gasteiger partial charge < -0.3 is 15.3 Å². The standard InChI is InChI=1S/C8H10.C3H8O2.C3H6.C2H4O2/c1-7-5-3-4-6-8(7)2;1-3(5)2-4;1-3-2;1-2(3)4/h3-6H,1-2H3;3-5H,2H2,1H3;3H,1H2,2H3;1H3,(H,3,4). The Morgan fingerprint density at radius 3 is 1.60 bits per heavy atom. The molecular formula is C16H28O4. The number of allylic oxidation sites excluding steroid dienone is 1. The van der Waals surface area contributed by atoms with E-state index >= 15 is 0 Å². The molecule has 0 bridgehead atoms. The van der Waals surface area contributed by atoms with Crippen LogP contribution in [0.4, 0.5) is 0 Å². The van der Waals surface area contributed by atoms with Gasteiger partial charge in [-0.1, -0.05) is 30.3 Å². The van der Waals surface area contributed by atoms with E-state index in [2.05, 4.69) is 44.7 Å². The van der Waals surface area contributed by atoms with Gasteiger partial charge in [0.1, 0.15) is 0 Å². The Morgan fingerprint density at radius 2 is 1.50 bits per heavy atom. The van der Waals surface area contributed by atoms with Crippen LogP contribution in [0, 0.1) is 13.8 Å². The lowest BCUT2D eigenvalue weighted by Crippen LogP contribution is -2.03. The zero-order valence-corrected chi connectivity index (χ0v) is 13.1. The van der Waals surface area contributed by atoms with Gasteiger partial charge >= 0.3 is 0 Å². The van der Waals surface area contributed by atoms with Crippen LogP contribution in [-0.2, 0) is 4.79 Å². The van der Waals surface area contributed by atoms with Crippen LogP contribution in [0.25, 0.3) is 0 Å². The fourth-order valence-electron chi connectivity index (χ4n) is 0.663. The van der Waals surface area contributed by atoms with Gasteiger partial charge in [-0.15, -0.1) is 6.58 Å². The van der Waals surface area contributed by atoms with E-state index in [1.165, 1.54) is 18.1 Å². The van der Waals surface area contributed by atoms with Crippen LogP contribution in [0.5, 0.6) is 0 Å². The Morgan fingerprint density at radius 1 is 1.30 bits per heavy atom. The monoisotopic (exact) mass is 284 g/mol. The number of carboxylic acids is 1. The number of hydrogen-bond acceptors (Lipinski definition) is 3. The summed E-state index contributed by atoms with van der Waals surface area (Å²) < 4.78 is 0. The van der Waals surface area contributed by atoms with Crippen molar-refractivity contribution < 1.29 is 20.1 Å². The van der Waals surface area contributed by atoms with Crippen LogP contribution >= 0.6 is 0 Å². The Labute approximate surface area is 122 Å². The van der Waals surface area contributed by atoms with Gasteiger partial charge in [-0.05, 0) is 38.8 Å². The lowest BCUT2D eigenvalue weighted by molar-refractivity contribution is -0.134. The molecule has 3 N–H and O–H groups in total. The summed E-state index contributed by atoms with van der Waals surface area (Å²) in [5, 5.41) is 23.4. The van der Waals surface area contributed by atoms with E-state index in [1.54, 1.807) is 6.08 Å². The molecule has 0 aliphatic heterocycles. The second kappa shape index (κ2) is 17.4. The maximum absolute atomic E-state index is 9.00. The summed E-state index contributed by atoms with van der Waals surface area (Å²) in [5.74, 6) is -0.833. The third kappa shape index (κ3) is 29.9. The zero-order chi connectivity index (χ0) is 16.6. The van der Waals surface area contributed by atoms with Crippen molar-refractivity contribution in [2.75, 3.05) is 6.61 Å². The topological polar surface area (TPSA) is 77.8 Å². The first-order valence-corrected chi connectivity index (χ1v) is 6.30. The fraction of sp³-hybridized carbons (Fsp3) is 0.438. The molecular weight excluding hydrogens is 256 g/mol. The van der Waals surface area contributed by atoms with Crippen molar-refractivity contribution in [1.29, 1.82) is 0 Å². The average molecular weight is 284 g/mol. The SMILES string of the molecule is C=CC.CC(=O)O.CC(O)CO.Cc1ccccc1C. The van der Waals surface area contributed by atoms with Crippen molar-refractivity contribution in [3.63, 3.8) is 0 Å². The number of benzene rings is 1. The number of hydrogen-bond donors (Lipinski definition) is 3. The minimum absolute atomic E-state index is 0.139. The molecule has 1 unspecified atom stereocenters. The average Bonchev–Trinajstić information content (AvgIpc) is 2.34. The first kappa shape index (κ1) is 23.4. The van der Waals surface area contributed by atoms with Crippen LogP contribution in [0.15, 0.2) is 36.9 Å². The number of carboxylic acid groups (broad SMARTS) is 1. The van der Waals surface area contributed by atoms with Crippen LogP contribution in [0.1, 0.15) is 31.9 Å². The van der Waals surface area contributed by atoms with Crippen LogP contribution in [0.3, 0.4) is 0 Å². The lowest BCUT2D eigenvalue weighted by atomic mass is 10.1. The van der Waals surface area contributed by atoms with Gasteiger partial charge in [0.15, 0.2) is 0 Å². The van der Waals surface area contributed by atoms with Crippen molar-refractivity contribution in [2.45, 2.75) is 40.7 Å². The van der Waals surface area contributed by atoms with E-state index in [4.69, 9.17) is 20.1 Å². The van der Waals surface area contributed by atoms with Gasteiger partial charge in [0.2, 0.25) is 0 Å². The molecule has 4 heteroatoms. The molecule has 0 saturated heterocycles. The molecule has 116 valence electrons. The Kier molecular flexibility index (Phi) is 20.3. The number of aliphatic carboxylic acids is 1. The van der Waals surface area contributed by atoms with Gasteiger partial charge in [-0.3, -0.25) is 4.79 Å². The van der Waals surface area contributed by atoms with Crippen molar-refractivity contribution in [2.24, 2.45) is 0 Å². The van der Waals surface area contributed by atoms with E-state index in [1.807, 2.05) is 6.92 Å². The number of rotatable bonds is 1. The molecule has 0 aliphatic rings. The molecule has 1 rings (SSSR count). The molecule has 0 saturated carbocycles. The Hall–Kier alpha value is -1.65. The van der Waals surface area contributed by atoms with Crippen molar-refractivity contribution in [3.05, 3.63) is 48.0 Å². The highest BCUT2D eigenvalue weighted by molar-refractivity contribution is 5.62. The summed E-state index contributed by atoms with van der Waals surface area (Å²) in [6, 6.07) is 8.36. The highest BCUT2D eigenvalue weighted by Crippen LogP contribution is 2.02. The third-order valence-corrected chi connectivity index (χ3v) is 1.69. The molecule has 20 heavy (non-hydrogen) atoms. The molecule has 0 radical (unpaired) electrons. The van der Waals surface area contributed by atoms with Crippen LogP contribution in [0.2, 0.25) is 0 Å². The van der Waals surface area contributed by atoms with Gasteiger partial charge in [-0.2, -0.15) is 0 Å². The number of aryl methyl sites for hydroxylation is 2. The summed E-state index contributed by atoms with van der Waals surface area (Å²) >= 11 is 0. The maximum Gasteiger partial charge on any atom is 0.300 e. The summed E-state index contributed by atoms with van der Waals surface area (Å²) in [7, 11) is 0. The fourth-order valence-corrected chi connectivity index (χ4v) is 0.663. The first-order chi connectivity index (χ1) is 9.22. The summed E-state index contributed by atoms with van der Waals surface area (Å²) in [6.07, 6.45) is 1.19. The lowest BCUT2D eigenvalue weighted by Gasteiger charge is -1.93. The smallest absolute Gasteiger partial charge is 0.300 e. The quantitative estimate of drug-likeness (QED) is 0.693. The van der Waals surface area contributed by atoms with Gasteiger partial charge in [-0.25, -0.2) is 0 Å². The summed E-state index contributed by atoms with van der Waals surface area (Å²) in [6.45, 7) is 12.0. The second-order valence-electron chi connectivity index (χ2n) is 4.04. The van der Waals surface area contributed by atoms with Crippen molar-refractivity contribution in [1.82, 2.24) is 0 Å². The Bertz CT molecular complexity index is 321. The van der Waals surface area contributed by atoms with E-state index in [0.717, 1.165) is 6.92 Å². The highest BCUT2D eigenvalue weighted by atomic mass is 16.4. The molecule has 0 heterocycles. The minimum Gasteiger partial charge on any atom is -0.481 e. The molecule has 1 atom stereocenters. The molecule has 4 nitrogen and oxygen atoms in total. The molecule has 1 aromatic carbocycles. The summed E-state index contributed by atoms with van der Waals surface area (Å²) in [4.78, 5) is 9.00. The molecule has 0 fully saturated rings. The predicted molar refractivity (Wildman–Crippen MR) is 83.9 cm³/mol. The number of carbonyl (C=O) groups is 1. The van der Waals surface area contributed by atoms with Gasteiger partial charge in [0.25, 0.3) is 5.97 Å². The largest absolute Gasteiger partial charge is 0.481 e. The normalized spacial score (nSPS) is 9.35. The van der Waals surface area contributed by atoms with Crippen LogP contribution in [-0.4, -0.2) is 34.0 Å². The zero-order valence-electron chi connectivity index (χ0n) is 13.1. The van der Waals surface area contributed by atoms with E-state index < -0.39 is 12.1 Å². The highest BCUT2D eigenvalue weighted by Gasteiger charge is 1.84. The van der Waals surface area contributed by atoms with Gasteiger partial charge in [0.05, 0.1) is 12.7 Å². The number of aliphatic hydroxyl groups excluding tert-OH is 2. The van der Waals surface area contributed by atoms with E-state index in [-0.39, 0.29) is 6.61 Å². The van der Waals surface area contributed by atoms with E-state index in [0.29, 0.717) is 0 Å². The van der Waals surface area contributed by atoms with Crippen molar-refractivity contribution in [3.8, 4) is 0 Å². The Balaban J connectivity index is -0.000000211. The predicted octanol–water partition coefficient (Wildman–Crippen LogP) is 2.95. The molecule has 0 aromatic heterocycles. The number of aliphatic hydroxyl groups is 2. The molecule has 0 aliphatic carbocycles.